The molecule has 1 aromatic heterocycles. The Bertz CT molecular complexity index is 894. The molecule has 2 N–H and O–H groups in total. The van der Waals surface area contributed by atoms with Crippen LogP contribution >= 0.6 is 0 Å². The van der Waals surface area contributed by atoms with Crippen LogP contribution in [0.5, 0.6) is 0 Å². The molecule has 2 aliphatic carbocycles. The summed E-state index contributed by atoms with van der Waals surface area (Å²) in [6, 6.07) is 18.8. The zero-order valence-electron chi connectivity index (χ0n) is 18.2. The summed E-state index contributed by atoms with van der Waals surface area (Å²) >= 11 is 0. The monoisotopic (exact) mass is 405 g/mol. The van der Waals surface area contributed by atoms with Crippen LogP contribution < -0.4 is 4.90 Å². The van der Waals surface area contributed by atoms with Crippen LogP contribution in [0, 0.1) is 0 Å². The molecule has 0 saturated heterocycles. The minimum Gasteiger partial charge on any atom is -0.385 e. The van der Waals surface area contributed by atoms with Crippen molar-refractivity contribution in [3.05, 3.63) is 48.5 Å². The number of aliphatic hydroxyl groups is 1. The van der Waals surface area contributed by atoms with Crippen molar-refractivity contribution in [3.63, 3.8) is 0 Å². The van der Waals surface area contributed by atoms with Gasteiger partial charge >= 0.3 is 0 Å². The molecule has 3 heteroatoms. The summed E-state index contributed by atoms with van der Waals surface area (Å²) in [6.45, 7) is 1.59. The Balaban J connectivity index is 1.40. The molecule has 2 fully saturated rings. The van der Waals surface area contributed by atoms with Gasteiger partial charge in [0.1, 0.15) is 12.6 Å². The van der Waals surface area contributed by atoms with E-state index in [2.05, 4.69) is 53.1 Å². The quantitative estimate of drug-likeness (QED) is 0.611. The number of benzene rings is 2. The Labute approximate surface area is 180 Å². The summed E-state index contributed by atoms with van der Waals surface area (Å²) in [5.74, 6) is 0. The largest absolute Gasteiger partial charge is 0.385 e. The predicted molar refractivity (Wildman–Crippen MR) is 125 cm³/mol. The lowest BCUT2D eigenvalue weighted by molar-refractivity contribution is -0.955. The van der Waals surface area contributed by atoms with Crippen LogP contribution in [-0.4, -0.2) is 34.4 Å². The number of aliphatic hydroxyl groups excluding tert-OH is 1. The molecule has 1 heterocycles. The molecule has 160 valence electrons. The molecule has 0 unspecified atom stereocenters. The normalized spacial score (nSPS) is 20.3. The second-order valence-corrected chi connectivity index (χ2v) is 9.75. The lowest BCUT2D eigenvalue weighted by Gasteiger charge is -2.39. The van der Waals surface area contributed by atoms with Crippen molar-refractivity contribution >= 4 is 21.8 Å². The first kappa shape index (κ1) is 20.1. The summed E-state index contributed by atoms with van der Waals surface area (Å²) in [7, 11) is 0. The fourth-order valence-corrected chi connectivity index (χ4v) is 6.36. The smallest absolute Gasteiger partial charge is 0.121 e. The topological polar surface area (TPSA) is 29.6 Å². The van der Waals surface area contributed by atoms with E-state index < -0.39 is 0 Å². The third-order valence-corrected chi connectivity index (χ3v) is 7.80. The van der Waals surface area contributed by atoms with Crippen molar-refractivity contribution in [2.45, 2.75) is 88.9 Å². The number of aromatic nitrogens is 1. The first-order valence-electron chi connectivity index (χ1n) is 12.3. The van der Waals surface area contributed by atoms with Gasteiger partial charge in [0.2, 0.25) is 0 Å². The maximum atomic E-state index is 11.3. The Kier molecular flexibility index (Phi) is 6.10. The Morgan fingerprint density at radius 2 is 1.20 bits per heavy atom. The van der Waals surface area contributed by atoms with Gasteiger partial charge in [0.25, 0.3) is 0 Å². The SMILES string of the molecule is O[C@H](Cn1c2ccccc2c2ccccc21)C[NH+](C1CCCCC1)C1CCCCC1. The number of para-hydroxylation sites is 2. The van der Waals surface area contributed by atoms with Gasteiger partial charge in [-0.25, -0.2) is 0 Å². The molecule has 1 atom stereocenters. The average molecular weight is 406 g/mol. The molecule has 0 radical (unpaired) electrons. The molecule has 0 spiro atoms. The lowest BCUT2D eigenvalue weighted by Crippen LogP contribution is -3.20. The predicted octanol–water partition coefficient (Wildman–Crippen LogP) is 4.71. The lowest BCUT2D eigenvalue weighted by atomic mass is 9.88. The second-order valence-electron chi connectivity index (χ2n) is 9.75. The van der Waals surface area contributed by atoms with E-state index in [0.717, 1.165) is 18.6 Å². The van der Waals surface area contributed by atoms with E-state index in [1.54, 1.807) is 4.90 Å². The molecule has 0 aliphatic heterocycles. The first-order chi connectivity index (χ1) is 14.8. The number of hydrogen-bond donors (Lipinski definition) is 2. The van der Waals surface area contributed by atoms with Gasteiger partial charge in [0, 0.05) is 21.8 Å². The Morgan fingerprint density at radius 3 is 1.70 bits per heavy atom. The van der Waals surface area contributed by atoms with E-state index in [4.69, 9.17) is 0 Å². The summed E-state index contributed by atoms with van der Waals surface area (Å²) in [5, 5.41) is 13.9. The summed E-state index contributed by atoms with van der Waals surface area (Å²) in [4.78, 5) is 1.72. The maximum absolute atomic E-state index is 11.3. The number of nitrogens with one attached hydrogen (secondary N) is 1. The van der Waals surface area contributed by atoms with Gasteiger partial charge < -0.3 is 14.6 Å². The van der Waals surface area contributed by atoms with E-state index in [1.165, 1.54) is 86.0 Å². The van der Waals surface area contributed by atoms with Crippen molar-refractivity contribution in [2.75, 3.05) is 6.54 Å². The van der Waals surface area contributed by atoms with E-state index >= 15 is 0 Å². The molecule has 2 saturated carbocycles. The minimum absolute atomic E-state index is 0.303. The molecule has 2 aromatic carbocycles. The molecule has 2 aliphatic rings. The number of nitrogens with zero attached hydrogens (tertiary/aromatic N) is 1. The minimum atomic E-state index is -0.303. The van der Waals surface area contributed by atoms with E-state index in [1.807, 2.05) is 0 Å². The first-order valence-corrected chi connectivity index (χ1v) is 12.3. The van der Waals surface area contributed by atoms with Crippen LogP contribution in [0.4, 0.5) is 0 Å². The molecule has 3 aromatic rings. The summed E-state index contributed by atoms with van der Waals surface area (Å²) < 4.78 is 2.36. The van der Waals surface area contributed by atoms with Crippen LogP contribution in [0.2, 0.25) is 0 Å². The van der Waals surface area contributed by atoms with Crippen molar-refractivity contribution in [2.24, 2.45) is 0 Å². The van der Waals surface area contributed by atoms with Crippen LogP contribution in [-0.2, 0) is 6.54 Å². The zero-order chi connectivity index (χ0) is 20.3. The van der Waals surface area contributed by atoms with Gasteiger partial charge in [-0.2, -0.15) is 0 Å². The van der Waals surface area contributed by atoms with Gasteiger partial charge in [-0.1, -0.05) is 49.2 Å². The number of fused-ring (bicyclic) bond motifs is 3. The summed E-state index contributed by atoms with van der Waals surface area (Å²) in [6.07, 6.45) is 13.4. The van der Waals surface area contributed by atoms with Gasteiger partial charge in [0.05, 0.1) is 18.6 Å². The highest BCUT2D eigenvalue weighted by Crippen LogP contribution is 2.29. The van der Waals surface area contributed by atoms with E-state index in [-0.39, 0.29) is 6.10 Å². The van der Waals surface area contributed by atoms with Crippen LogP contribution in [0.1, 0.15) is 64.2 Å². The van der Waals surface area contributed by atoms with Crippen LogP contribution in [0.15, 0.2) is 48.5 Å². The second kappa shape index (κ2) is 9.11. The van der Waals surface area contributed by atoms with Crippen molar-refractivity contribution in [1.82, 2.24) is 4.57 Å². The highest BCUT2D eigenvalue weighted by Gasteiger charge is 2.34. The summed E-state index contributed by atoms with van der Waals surface area (Å²) in [5.41, 5.74) is 2.49. The molecule has 5 rings (SSSR count). The van der Waals surface area contributed by atoms with Crippen molar-refractivity contribution < 1.29 is 10.0 Å². The zero-order valence-corrected chi connectivity index (χ0v) is 18.2. The molecular weight excluding hydrogens is 368 g/mol. The van der Waals surface area contributed by atoms with E-state index in [9.17, 15) is 5.11 Å². The third-order valence-electron chi connectivity index (χ3n) is 7.80. The highest BCUT2D eigenvalue weighted by atomic mass is 16.3. The standard InChI is InChI=1S/C27H36N2O/c30-23(19-28(21-11-3-1-4-12-21)22-13-5-2-6-14-22)20-29-26-17-9-7-15-24(26)25-16-8-10-18-27(25)29/h7-10,15-18,21-23,30H,1-6,11-14,19-20H2/p+1/t23-/m0/s1. The van der Waals surface area contributed by atoms with Crippen molar-refractivity contribution in [3.8, 4) is 0 Å². The van der Waals surface area contributed by atoms with Crippen LogP contribution in [0.25, 0.3) is 21.8 Å². The fourth-order valence-electron chi connectivity index (χ4n) is 6.36. The van der Waals surface area contributed by atoms with Gasteiger partial charge in [0.15, 0.2) is 0 Å². The number of quaternary nitrogens is 1. The molecule has 0 bridgehead atoms. The fraction of sp³-hybridized carbons (Fsp3) is 0.556. The average Bonchev–Trinajstić information content (AvgIpc) is 3.12. The highest BCUT2D eigenvalue weighted by molar-refractivity contribution is 6.07. The molecule has 0 amide bonds. The van der Waals surface area contributed by atoms with E-state index in [0.29, 0.717) is 6.54 Å². The van der Waals surface area contributed by atoms with Gasteiger partial charge in [-0.05, 0) is 63.5 Å². The Hall–Kier alpha value is -1.84. The third kappa shape index (κ3) is 4.02. The van der Waals surface area contributed by atoms with Crippen molar-refractivity contribution in [1.29, 1.82) is 0 Å². The molecule has 30 heavy (non-hydrogen) atoms. The molecular formula is C27H37N2O+. The van der Waals surface area contributed by atoms with Gasteiger partial charge in [-0.3, -0.25) is 0 Å². The number of rotatable bonds is 6. The van der Waals surface area contributed by atoms with Crippen LogP contribution in [0.3, 0.4) is 0 Å². The maximum Gasteiger partial charge on any atom is 0.121 e. The number of hydrogen-bond acceptors (Lipinski definition) is 1. The van der Waals surface area contributed by atoms with Gasteiger partial charge in [-0.15, -0.1) is 0 Å². The Morgan fingerprint density at radius 1 is 0.733 bits per heavy atom. The molecule has 3 nitrogen and oxygen atoms in total.